The second-order valence-electron chi connectivity index (χ2n) is 8.62. The summed E-state index contributed by atoms with van der Waals surface area (Å²) in [6.45, 7) is 2.71. The van der Waals surface area contributed by atoms with Crippen LogP contribution in [0.15, 0.2) is 47.8 Å². The van der Waals surface area contributed by atoms with E-state index in [9.17, 15) is 4.79 Å². The van der Waals surface area contributed by atoms with E-state index >= 15 is 0 Å². The Morgan fingerprint density at radius 2 is 2.22 bits per heavy atom. The van der Waals surface area contributed by atoms with Gasteiger partial charge in [-0.3, -0.25) is 9.58 Å². The molecule has 0 saturated carbocycles. The lowest BCUT2D eigenvalue weighted by Gasteiger charge is -2.49. The van der Waals surface area contributed by atoms with E-state index in [1.807, 2.05) is 0 Å². The van der Waals surface area contributed by atoms with Crippen molar-refractivity contribution in [1.29, 1.82) is 5.26 Å². The van der Waals surface area contributed by atoms with Gasteiger partial charge in [0.15, 0.2) is 0 Å². The maximum atomic E-state index is 12.4. The molecule has 5 heterocycles. The molecule has 4 atom stereocenters. The zero-order valence-electron chi connectivity index (χ0n) is 18.0. The minimum atomic E-state index is -0.230. The first-order valence-corrected chi connectivity index (χ1v) is 11.9. The SMILES string of the molecule is Cn1nc(-c2cccs2)cc1[C@H]1CN2CC[C@H]1C[C@@H]2CNC(=O)Nc1cccc(C#N)c1. The number of rotatable bonds is 5. The predicted octanol–water partition coefficient (Wildman–Crippen LogP) is 4.02. The Bertz CT molecular complexity index is 1150. The highest BCUT2D eigenvalue weighted by Crippen LogP contribution is 2.42. The van der Waals surface area contributed by atoms with Gasteiger partial charge in [0.2, 0.25) is 0 Å². The van der Waals surface area contributed by atoms with Crippen molar-refractivity contribution in [2.75, 3.05) is 25.0 Å². The fourth-order valence-corrected chi connectivity index (χ4v) is 5.79. The highest BCUT2D eigenvalue weighted by molar-refractivity contribution is 7.13. The molecule has 1 unspecified atom stereocenters. The number of fused-ring (bicyclic) bond motifs is 3. The number of piperidine rings is 3. The van der Waals surface area contributed by atoms with Crippen LogP contribution in [0.2, 0.25) is 0 Å². The normalized spacial score (nSPS) is 24.1. The van der Waals surface area contributed by atoms with Gasteiger partial charge in [-0.1, -0.05) is 12.1 Å². The zero-order valence-corrected chi connectivity index (χ0v) is 18.8. The monoisotopic (exact) mass is 446 g/mol. The second-order valence-corrected chi connectivity index (χ2v) is 9.57. The van der Waals surface area contributed by atoms with E-state index in [1.165, 1.54) is 17.0 Å². The molecular formula is C24H26N6OS. The third kappa shape index (κ3) is 4.14. The van der Waals surface area contributed by atoms with Crippen LogP contribution < -0.4 is 10.6 Å². The third-order valence-corrected chi connectivity index (χ3v) is 7.59. The summed E-state index contributed by atoms with van der Waals surface area (Å²) in [4.78, 5) is 16.1. The van der Waals surface area contributed by atoms with Crippen LogP contribution in [-0.2, 0) is 7.05 Å². The van der Waals surface area contributed by atoms with Gasteiger partial charge in [0.25, 0.3) is 0 Å². The van der Waals surface area contributed by atoms with Crippen LogP contribution in [0.25, 0.3) is 10.6 Å². The van der Waals surface area contributed by atoms with Crippen molar-refractivity contribution in [2.45, 2.75) is 24.8 Å². The molecule has 32 heavy (non-hydrogen) atoms. The van der Waals surface area contributed by atoms with Crippen molar-refractivity contribution >= 4 is 23.1 Å². The smallest absolute Gasteiger partial charge is 0.319 e. The van der Waals surface area contributed by atoms with E-state index in [4.69, 9.17) is 10.4 Å². The number of hydrogen-bond acceptors (Lipinski definition) is 5. The topological polar surface area (TPSA) is 86.0 Å². The van der Waals surface area contributed by atoms with Crippen LogP contribution in [0, 0.1) is 17.2 Å². The number of carbonyl (C=O) groups is 1. The minimum Gasteiger partial charge on any atom is -0.336 e. The summed E-state index contributed by atoms with van der Waals surface area (Å²) in [5.41, 5.74) is 3.53. The van der Waals surface area contributed by atoms with Gasteiger partial charge >= 0.3 is 6.03 Å². The number of anilines is 1. The van der Waals surface area contributed by atoms with Crippen LogP contribution in [0.3, 0.4) is 0 Å². The Hall–Kier alpha value is -3.15. The van der Waals surface area contributed by atoms with E-state index in [1.54, 1.807) is 35.6 Å². The lowest BCUT2D eigenvalue weighted by Crippen LogP contribution is -2.56. The highest BCUT2D eigenvalue weighted by Gasteiger charge is 2.41. The van der Waals surface area contributed by atoms with Crippen molar-refractivity contribution in [2.24, 2.45) is 13.0 Å². The Morgan fingerprint density at radius 3 is 2.97 bits per heavy atom. The summed E-state index contributed by atoms with van der Waals surface area (Å²) in [6, 6.07) is 15.6. The Labute approximate surface area is 191 Å². The molecule has 6 rings (SSSR count). The summed E-state index contributed by atoms with van der Waals surface area (Å²) in [5, 5.41) is 21.7. The molecule has 2 amide bonds. The molecule has 0 radical (unpaired) electrons. The molecule has 164 valence electrons. The first kappa shape index (κ1) is 20.7. The number of nitrogens with one attached hydrogen (secondary N) is 2. The van der Waals surface area contributed by atoms with Gasteiger partial charge in [-0.15, -0.1) is 11.3 Å². The Kier molecular flexibility index (Phi) is 5.68. The molecule has 3 saturated heterocycles. The predicted molar refractivity (Wildman–Crippen MR) is 126 cm³/mol. The fraction of sp³-hybridized carbons (Fsp3) is 0.375. The van der Waals surface area contributed by atoms with Gasteiger partial charge in [0, 0.05) is 43.5 Å². The zero-order chi connectivity index (χ0) is 22.1. The molecule has 2 N–H and O–H groups in total. The molecule has 3 fully saturated rings. The fourth-order valence-electron chi connectivity index (χ4n) is 5.11. The van der Waals surface area contributed by atoms with Crippen LogP contribution in [-0.4, -0.2) is 46.4 Å². The number of nitriles is 1. The van der Waals surface area contributed by atoms with Gasteiger partial charge < -0.3 is 10.6 Å². The van der Waals surface area contributed by atoms with Crippen LogP contribution >= 0.6 is 11.3 Å². The number of carbonyl (C=O) groups excluding carboxylic acids is 1. The third-order valence-electron chi connectivity index (χ3n) is 6.70. The first-order valence-electron chi connectivity index (χ1n) is 11.0. The molecule has 0 spiro atoms. The van der Waals surface area contributed by atoms with E-state index in [0.29, 0.717) is 35.7 Å². The average Bonchev–Trinajstić information content (AvgIpc) is 3.48. The molecule has 1 aromatic carbocycles. The largest absolute Gasteiger partial charge is 0.336 e. The van der Waals surface area contributed by atoms with Gasteiger partial charge in [0.05, 0.1) is 16.5 Å². The van der Waals surface area contributed by atoms with E-state index in [2.05, 4.69) is 56.9 Å². The number of benzene rings is 1. The Balaban J connectivity index is 1.19. The number of aryl methyl sites for hydroxylation is 1. The maximum Gasteiger partial charge on any atom is 0.319 e. The quantitative estimate of drug-likeness (QED) is 0.620. The van der Waals surface area contributed by atoms with Crippen LogP contribution in [0.1, 0.15) is 30.0 Å². The van der Waals surface area contributed by atoms with Gasteiger partial charge in [-0.05, 0) is 61.0 Å². The number of amides is 2. The van der Waals surface area contributed by atoms with Crippen molar-refractivity contribution in [3.05, 3.63) is 59.1 Å². The van der Waals surface area contributed by atoms with Crippen LogP contribution in [0.4, 0.5) is 10.5 Å². The van der Waals surface area contributed by atoms with Crippen molar-refractivity contribution < 1.29 is 4.79 Å². The molecule has 2 bridgehead atoms. The molecule has 3 aromatic rings. The molecular weight excluding hydrogens is 420 g/mol. The molecule has 3 aliphatic rings. The van der Waals surface area contributed by atoms with Gasteiger partial charge in [-0.25, -0.2) is 4.79 Å². The van der Waals surface area contributed by atoms with E-state index in [-0.39, 0.29) is 6.03 Å². The van der Waals surface area contributed by atoms with Crippen molar-refractivity contribution in [1.82, 2.24) is 20.0 Å². The molecule has 3 aliphatic heterocycles. The summed E-state index contributed by atoms with van der Waals surface area (Å²) in [5.74, 6) is 1.09. The lowest BCUT2D eigenvalue weighted by molar-refractivity contribution is 0.0296. The number of urea groups is 1. The summed E-state index contributed by atoms with van der Waals surface area (Å²) in [7, 11) is 2.05. The van der Waals surface area contributed by atoms with Crippen molar-refractivity contribution in [3.63, 3.8) is 0 Å². The summed E-state index contributed by atoms with van der Waals surface area (Å²) < 4.78 is 2.05. The van der Waals surface area contributed by atoms with E-state index < -0.39 is 0 Å². The Morgan fingerprint density at radius 1 is 1.31 bits per heavy atom. The molecule has 7 nitrogen and oxygen atoms in total. The number of nitrogens with zero attached hydrogens (tertiary/aromatic N) is 4. The highest BCUT2D eigenvalue weighted by atomic mass is 32.1. The van der Waals surface area contributed by atoms with Crippen molar-refractivity contribution in [3.8, 4) is 16.6 Å². The van der Waals surface area contributed by atoms with Crippen LogP contribution in [0.5, 0.6) is 0 Å². The minimum absolute atomic E-state index is 0.230. The summed E-state index contributed by atoms with van der Waals surface area (Å²) in [6.07, 6.45) is 2.27. The molecule has 8 heteroatoms. The standard InChI is InChI=1S/C24H26N6OS/c1-29-22(12-21(28-29)23-6-3-9-32-23)20-15-30-8-7-17(20)11-19(30)14-26-24(31)27-18-5-2-4-16(10-18)13-25/h2-6,9-10,12,17,19-20H,7-8,11,14-15H2,1H3,(H2,26,27,31)/t17-,19+,20-/m0/s1. The number of aromatic nitrogens is 2. The van der Waals surface area contributed by atoms with Gasteiger partial charge in [-0.2, -0.15) is 10.4 Å². The second kappa shape index (κ2) is 8.77. The number of hydrogen-bond donors (Lipinski definition) is 2. The van der Waals surface area contributed by atoms with E-state index in [0.717, 1.165) is 25.2 Å². The lowest BCUT2D eigenvalue weighted by atomic mass is 9.74. The number of thiophene rings is 1. The summed E-state index contributed by atoms with van der Waals surface area (Å²) >= 11 is 1.72. The van der Waals surface area contributed by atoms with Gasteiger partial charge in [0.1, 0.15) is 5.69 Å². The molecule has 0 aliphatic carbocycles. The maximum absolute atomic E-state index is 12.4. The first-order chi connectivity index (χ1) is 15.6. The average molecular weight is 447 g/mol. The molecule has 2 aromatic heterocycles.